The van der Waals surface area contributed by atoms with Crippen LogP contribution in [0.15, 0.2) is 36.7 Å². The van der Waals surface area contributed by atoms with E-state index < -0.39 is 0 Å². The largest absolute Gasteiger partial charge is 0.472 e. The second-order valence-corrected chi connectivity index (χ2v) is 8.04. The molecule has 1 unspecified atom stereocenters. The molecule has 150 valence electrons. The van der Waals surface area contributed by atoms with E-state index >= 15 is 0 Å². The molecule has 1 aromatic carbocycles. The van der Waals surface area contributed by atoms with Gasteiger partial charge in [0, 0.05) is 48.0 Å². The van der Waals surface area contributed by atoms with Crippen molar-refractivity contribution in [2.45, 2.75) is 25.4 Å². The highest BCUT2D eigenvalue weighted by molar-refractivity contribution is 6.31. The number of halogens is 1. The maximum atomic E-state index is 12.9. The number of anilines is 1. The molecule has 2 fully saturated rings. The van der Waals surface area contributed by atoms with E-state index in [-0.39, 0.29) is 12.0 Å². The zero-order valence-electron chi connectivity index (χ0n) is 16.0. The van der Waals surface area contributed by atoms with Gasteiger partial charge in [-0.1, -0.05) is 11.6 Å². The fourth-order valence-electron chi connectivity index (χ4n) is 4.08. The number of hydrogen-bond acceptors (Lipinski definition) is 5. The second-order valence-electron chi connectivity index (χ2n) is 7.60. The predicted octanol–water partition coefficient (Wildman–Crippen LogP) is 3.51. The lowest BCUT2D eigenvalue weighted by Gasteiger charge is -2.18. The Bertz CT molecular complexity index is 1050. The van der Waals surface area contributed by atoms with Gasteiger partial charge in [-0.25, -0.2) is 9.97 Å². The molecule has 2 saturated heterocycles. The van der Waals surface area contributed by atoms with Crippen molar-refractivity contribution in [2.75, 3.05) is 31.1 Å². The molecule has 29 heavy (non-hydrogen) atoms. The Kier molecular flexibility index (Phi) is 4.75. The average Bonchev–Trinajstić information content (AvgIpc) is 3.48. The molecular formula is C21H22ClN5O2. The first-order chi connectivity index (χ1) is 14.2. The molecule has 1 amide bonds. The summed E-state index contributed by atoms with van der Waals surface area (Å²) < 4.78 is 6.07. The van der Waals surface area contributed by atoms with Crippen LogP contribution in [0.25, 0.3) is 10.9 Å². The summed E-state index contributed by atoms with van der Waals surface area (Å²) in [6.45, 7) is 3.25. The molecule has 1 atom stereocenters. The van der Waals surface area contributed by atoms with Gasteiger partial charge in [0.25, 0.3) is 5.91 Å². The van der Waals surface area contributed by atoms with E-state index in [9.17, 15) is 4.79 Å². The quantitative estimate of drug-likeness (QED) is 0.711. The third kappa shape index (κ3) is 3.74. The minimum Gasteiger partial charge on any atom is -0.472 e. The molecule has 2 aromatic heterocycles. The molecule has 1 N–H and O–H groups in total. The van der Waals surface area contributed by atoms with Crippen LogP contribution in [0.5, 0.6) is 5.88 Å². The lowest BCUT2D eigenvalue weighted by Crippen LogP contribution is -2.31. The van der Waals surface area contributed by atoms with Crippen LogP contribution in [0.4, 0.5) is 5.82 Å². The number of hydrogen-bond donors (Lipinski definition) is 1. The number of amides is 1. The van der Waals surface area contributed by atoms with Crippen molar-refractivity contribution < 1.29 is 9.53 Å². The molecular weight excluding hydrogens is 390 g/mol. The minimum absolute atomic E-state index is 0.0242. The average molecular weight is 412 g/mol. The van der Waals surface area contributed by atoms with Crippen molar-refractivity contribution in [2.24, 2.45) is 0 Å². The third-order valence-electron chi connectivity index (χ3n) is 5.59. The molecule has 0 spiro atoms. The molecule has 5 rings (SSSR count). The Hall–Kier alpha value is -2.80. The molecule has 0 radical (unpaired) electrons. The number of aromatic nitrogens is 3. The van der Waals surface area contributed by atoms with Gasteiger partial charge in [-0.3, -0.25) is 4.79 Å². The maximum Gasteiger partial charge on any atom is 0.270 e. The molecule has 4 heterocycles. The summed E-state index contributed by atoms with van der Waals surface area (Å²) in [5.41, 5.74) is 1.47. The van der Waals surface area contributed by atoms with Gasteiger partial charge in [0.05, 0.1) is 6.54 Å². The summed E-state index contributed by atoms with van der Waals surface area (Å²) in [6, 6.07) is 9.30. The Labute approximate surface area is 173 Å². The standard InChI is InChI=1S/C21H22ClN5O2/c22-15-3-4-17-14(9-15)10-18(25-17)21(28)27-8-5-16(12-27)29-20-11-19(23-13-24-20)26-6-1-2-7-26/h3-4,9-11,13,16,25H,1-2,5-8,12H2. The van der Waals surface area contributed by atoms with E-state index in [1.54, 1.807) is 6.33 Å². The third-order valence-corrected chi connectivity index (χ3v) is 5.83. The number of rotatable bonds is 4. The van der Waals surface area contributed by atoms with Gasteiger partial charge in [0.2, 0.25) is 5.88 Å². The minimum atomic E-state index is -0.0703. The van der Waals surface area contributed by atoms with Crippen molar-refractivity contribution in [3.63, 3.8) is 0 Å². The molecule has 0 saturated carbocycles. The first kappa shape index (κ1) is 18.2. The number of ether oxygens (including phenoxy) is 1. The number of carbonyl (C=O) groups excluding carboxylic acids is 1. The van der Waals surface area contributed by atoms with Gasteiger partial charge < -0.3 is 19.5 Å². The highest BCUT2D eigenvalue weighted by Crippen LogP contribution is 2.25. The van der Waals surface area contributed by atoms with Crippen LogP contribution in [-0.4, -0.2) is 58.0 Å². The van der Waals surface area contributed by atoms with Gasteiger partial charge in [-0.2, -0.15) is 0 Å². The number of benzene rings is 1. The molecule has 2 aliphatic rings. The van der Waals surface area contributed by atoms with E-state index in [0.29, 0.717) is 29.7 Å². The number of carbonyl (C=O) groups is 1. The van der Waals surface area contributed by atoms with Crippen LogP contribution in [0, 0.1) is 0 Å². The first-order valence-corrected chi connectivity index (χ1v) is 10.3. The second kappa shape index (κ2) is 7.55. The molecule has 8 heteroatoms. The van der Waals surface area contributed by atoms with Crippen LogP contribution >= 0.6 is 11.6 Å². The van der Waals surface area contributed by atoms with Crippen LogP contribution in [-0.2, 0) is 0 Å². The highest BCUT2D eigenvalue weighted by atomic mass is 35.5. The lowest BCUT2D eigenvalue weighted by atomic mass is 10.2. The van der Waals surface area contributed by atoms with Crippen LogP contribution < -0.4 is 9.64 Å². The normalized spacial score (nSPS) is 19.3. The van der Waals surface area contributed by atoms with E-state index in [2.05, 4.69) is 19.9 Å². The molecule has 0 bridgehead atoms. The van der Waals surface area contributed by atoms with Crippen LogP contribution in [0.2, 0.25) is 5.02 Å². The SMILES string of the molecule is O=C(c1cc2cc(Cl)ccc2[nH]1)N1CCC(Oc2cc(N3CCCC3)ncn2)C1. The Morgan fingerprint density at radius 2 is 2.00 bits per heavy atom. The predicted molar refractivity (Wildman–Crippen MR) is 112 cm³/mol. The van der Waals surface area contributed by atoms with Crippen LogP contribution in [0.1, 0.15) is 29.8 Å². The van der Waals surface area contributed by atoms with Gasteiger partial charge in [0.15, 0.2) is 0 Å². The van der Waals surface area contributed by atoms with Crippen molar-refractivity contribution >= 4 is 34.2 Å². The first-order valence-electron chi connectivity index (χ1n) is 9.97. The number of aromatic amines is 1. The highest BCUT2D eigenvalue weighted by Gasteiger charge is 2.29. The zero-order chi connectivity index (χ0) is 19.8. The number of nitrogens with zero attached hydrogens (tertiary/aromatic N) is 4. The summed E-state index contributed by atoms with van der Waals surface area (Å²) in [6.07, 6.45) is 4.65. The summed E-state index contributed by atoms with van der Waals surface area (Å²) >= 11 is 6.04. The van der Waals surface area contributed by atoms with Crippen molar-refractivity contribution in [1.82, 2.24) is 19.9 Å². The molecule has 3 aromatic rings. The van der Waals surface area contributed by atoms with E-state index in [0.717, 1.165) is 36.2 Å². The summed E-state index contributed by atoms with van der Waals surface area (Å²) in [5, 5.41) is 1.59. The van der Waals surface area contributed by atoms with Crippen molar-refractivity contribution in [3.05, 3.63) is 47.4 Å². The summed E-state index contributed by atoms with van der Waals surface area (Å²) in [5.74, 6) is 1.46. The number of likely N-dealkylation sites (tertiary alicyclic amines) is 1. The molecule has 7 nitrogen and oxygen atoms in total. The summed E-state index contributed by atoms with van der Waals surface area (Å²) in [4.78, 5) is 28.8. The summed E-state index contributed by atoms with van der Waals surface area (Å²) in [7, 11) is 0. The number of nitrogens with one attached hydrogen (secondary N) is 1. The Morgan fingerprint density at radius 1 is 1.14 bits per heavy atom. The van der Waals surface area contributed by atoms with Gasteiger partial charge >= 0.3 is 0 Å². The fourth-order valence-corrected chi connectivity index (χ4v) is 4.26. The van der Waals surface area contributed by atoms with Crippen molar-refractivity contribution in [3.8, 4) is 5.88 Å². The van der Waals surface area contributed by atoms with E-state index in [4.69, 9.17) is 16.3 Å². The fraction of sp³-hybridized carbons (Fsp3) is 0.381. The van der Waals surface area contributed by atoms with Gasteiger partial charge in [-0.05, 0) is 37.1 Å². The number of H-pyrrole nitrogens is 1. The monoisotopic (exact) mass is 411 g/mol. The topological polar surface area (TPSA) is 74.3 Å². The van der Waals surface area contributed by atoms with Crippen molar-refractivity contribution in [1.29, 1.82) is 0 Å². The number of fused-ring (bicyclic) bond motifs is 1. The van der Waals surface area contributed by atoms with E-state index in [1.807, 2.05) is 35.2 Å². The maximum absolute atomic E-state index is 12.9. The zero-order valence-corrected chi connectivity index (χ0v) is 16.7. The van der Waals surface area contributed by atoms with Gasteiger partial charge in [-0.15, -0.1) is 0 Å². The Balaban J connectivity index is 1.25. The van der Waals surface area contributed by atoms with E-state index in [1.165, 1.54) is 12.8 Å². The molecule has 2 aliphatic heterocycles. The van der Waals surface area contributed by atoms with Gasteiger partial charge in [0.1, 0.15) is 23.9 Å². The smallest absolute Gasteiger partial charge is 0.270 e. The van der Waals surface area contributed by atoms with Crippen LogP contribution in [0.3, 0.4) is 0 Å². The Morgan fingerprint density at radius 3 is 2.86 bits per heavy atom. The molecule has 0 aliphatic carbocycles. The lowest BCUT2D eigenvalue weighted by molar-refractivity contribution is 0.0766.